The molecule has 1 heterocycles. The maximum atomic E-state index is 12.5. The molecule has 0 aliphatic carbocycles. The van der Waals surface area contributed by atoms with E-state index in [0.29, 0.717) is 5.92 Å². The van der Waals surface area contributed by atoms with Crippen molar-refractivity contribution in [3.8, 4) is 0 Å². The van der Waals surface area contributed by atoms with Crippen LogP contribution in [0.4, 0.5) is 5.69 Å². The Morgan fingerprint density at radius 2 is 2.11 bits per heavy atom. The molecule has 104 valence electrons. The predicted molar refractivity (Wildman–Crippen MR) is 81.1 cm³/mol. The van der Waals surface area contributed by atoms with E-state index < -0.39 is 5.38 Å². The van der Waals surface area contributed by atoms with E-state index in [1.807, 2.05) is 4.90 Å². The van der Waals surface area contributed by atoms with Crippen molar-refractivity contribution in [1.82, 2.24) is 0 Å². The van der Waals surface area contributed by atoms with Crippen molar-refractivity contribution >= 4 is 23.2 Å². The molecule has 0 fully saturated rings. The molecule has 3 heteroatoms. The van der Waals surface area contributed by atoms with E-state index >= 15 is 0 Å². The quantitative estimate of drug-likeness (QED) is 0.704. The number of hydrogen-bond acceptors (Lipinski definition) is 1. The number of aryl methyl sites for hydroxylation is 1. The molecule has 1 aliphatic heterocycles. The van der Waals surface area contributed by atoms with Crippen LogP contribution in [0.15, 0.2) is 18.2 Å². The summed E-state index contributed by atoms with van der Waals surface area (Å²) in [5, 5.41) is -0.499. The minimum atomic E-state index is -0.499. The summed E-state index contributed by atoms with van der Waals surface area (Å²) in [5.74, 6) is 0.450. The standard InChI is InChI=1S/C16H22ClNO/c1-10-6-7-13-11(2)9-16(4,5)18(14(13)8-10)15(19)12(3)17/h6-8,11-12H,9H2,1-5H3/t11-,12-/m1/s1. The van der Waals surface area contributed by atoms with Crippen LogP contribution >= 0.6 is 11.6 Å². The Labute approximate surface area is 120 Å². The Hall–Kier alpha value is -1.02. The van der Waals surface area contributed by atoms with Crippen LogP contribution in [0.5, 0.6) is 0 Å². The van der Waals surface area contributed by atoms with Crippen molar-refractivity contribution < 1.29 is 4.79 Å². The van der Waals surface area contributed by atoms with Gasteiger partial charge in [0.2, 0.25) is 5.91 Å². The Morgan fingerprint density at radius 3 is 2.68 bits per heavy atom. The summed E-state index contributed by atoms with van der Waals surface area (Å²) in [6.07, 6.45) is 0.957. The van der Waals surface area contributed by atoms with Crippen molar-refractivity contribution in [1.29, 1.82) is 0 Å². The van der Waals surface area contributed by atoms with Gasteiger partial charge in [-0.15, -0.1) is 11.6 Å². The van der Waals surface area contributed by atoms with Crippen LogP contribution in [-0.4, -0.2) is 16.8 Å². The molecule has 2 nitrogen and oxygen atoms in total. The van der Waals surface area contributed by atoms with E-state index in [9.17, 15) is 4.79 Å². The number of anilines is 1. The minimum absolute atomic E-state index is 0.00887. The summed E-state index contributed by atoms with van der Waals surface area (Å²) >= 11 is 6.04. The third-order valence-corrected chi connectivity index (χ3v) is 4.12. The smallest absolute Gasteiger partial charge is 0.245 e. The van der Waals surface area contributed by atoms with E-state index in [1.54, 1.807) is 6.92 Å². The lowest BCUT2D eigenvalue weighted by atomic mass is 9.79. The topological polar surface area (TPSA) is 20.3 Å². The first-order valence-electron chi connectivity index (χ1n) is 6.83. The second-order valence-corrected chi connectivity index (χ2v) is 6.92. The molecule has 0 saturated heterocycles. The molecule has 0 N–H and O–H groups in total. The van der Waals surface area contributed by atoms with Gasteiger partial charge in [-0.3, -0.25) is 4.79 Å². The first-order valence-corrected chi connectivity index (χ1v) is 7.26. The number of fused-ring (bicyclic) bond motifs is 1. The fourth-order valence-electron chi connectivity index (χ4n) is 3.14. The maximum Gasteiger partial charge on any atom is 0.245 e. The van der Waals surface area contributed by atoms with Gasteiger partial charge in [-0.05, 0) is 57.2 Å². The number of nitrogens with zero attached hydrogens (tertiary/aromatic N) is 1. The van der Waals surface area contributed by atoms with E-state index in [-0.39, 0.29) is 11.4 Å². The second kappa shape index (κ2) is 4.82. The fourth-order valence-corrected chi connectivity index (χ4v) is 3.23. The minimum Gasteiger partial charge on any atom is -0.305 e. The molecule has 0 spiro atoms. The summed E-state index contributed by atoms with van der Waals surface area (Å²) in [6, 6.07) is 6.36. The molecule has 0 aromatic heterocycles. The van der Waals surface area contributed by atoms with Crippen molar-refractivity contribution in [2.45, 2.75) is 57.9 Å². The molecular weight excluding hydrogens is 258 g/mol. The highest BCUT2D eigenvalue weighted by molar-refractivity contribution is 6.32. The van der Waals surface area contributed by atoms with Gasteiger partial charge in [0.15, 0.2) is 0 Å². The molecule has 1 aromatic rings. The summed E-state index contributed by atoms with van der Waals surface area (Å²) in [6.45, 7) is 10.3. The van der Waals surface area contributed by atoms with E-state index in [4.69, 9.17) is 11.6 Å². The third-order valence-electron chi connectivity index (χ3n) is 3.93. The van der Waals surface area contributed by atoms with Crippen molar-refractivity contribution in [3.63, 3.8) is 0 Å². The highest BCUT2D eigenvalue weighted by Crippen LogP contribution is 2.44. The second-order valence-electron chi connectivity index (χ2n) is 6.27. The number of rotatable bonds is 1. The molecule has 1 aliphatic rings. The van der Waals surface area contributed by atoms with E-state index in [2.05, 4.69) is 45.9 Å². The van der Waals surface area contributed by atoms with Gasteiger partial charge in [-0.25, -0.2) is 0 Å². The molecule has 2 rings (SSSR count). The van der Waals surface area contributed by atoms with Crippen LogP contribution in [0, 0.1) is 6.92 Å². The first-order chi connectivity index (χ1) is 8.74. The Bertz CT molecular complexity index is 507. The van der Waals surface area contributed by atoms with Crippen molar-refractivity contribution in [2.75, 3.05) is 4.90 Å². The summed E-state index contributed by atoms with van der Waals surface area (Å²) in [4.78, 5) is 14.4. The van der Waals surface area contributed by atoms with Crippen LogP contribution in [0.1, 0.15) is 51.2 Å². The van der Waals surface area contributed by atoms with Gasteiger partial charge in [0.25, 0.3) is 0 Å². The molecule has 0 bridgehead atoms. The first kappa shape index (κ1) is 14.4. The van der Waals surface area contributed by atoms with Gasteiger partial charge in [0.05, 0.1) is 0 Å². The van der Waals surface area contributed by atoms with Crippen LogP contribution in [0.3, 0.4) is 0 Å². The van der Waals surface area contributed by atoms with Crippen LogP contribution in [0.25, 0.3) is 0 Å². The molecule has 2 atom stereocenters. The molecular formula is C16H22ClNO. The molecule has 1 aromatic carbocycles. The lowest BCUT2D eigenvalue weighted by molar-refractivity contribution is -0.119. The average molecular weight is 280 g/mol. The zero-order valence-corrected chi connectivity index (χ0v) is 13.1. The molecule has 1 amide bonds. The number of amides is 1. The SMILES string of the molecule is Cc1ccc2c(c1)N(C(=O)[C@@H](C)Cl)C(C)(C)C[C@H]2C. The third kappa shape index (κ3) is 2.51. The largest absolute Gasteiger partial charge is 0.305 e. The highest BCUT2D eigenvalue weighted by Gasteiger charge is 2.40. The Kier molecular flexibility index (Phi) is 3.65. The number of carbonyl (C=O) groups is 1. The number of halogens is 1. The van der Waals surface area contributed by atoms with Crippen molar-refractivity contribution in [3.05, 3.63) is 29.3 Å². The molecule has 19 heavy (non-hydrogen) atoms. The van der Waals surface area contributed by atoms with Gasteiger partial charge >= 0.3 is 0 Å². The number of hydrogen-bond donors (Lipinski definition) is 0. The number of carbonyl (C=O) groups excluding carboxylic acids is 1. The van der Waals surface area contributed by atoms with Gasteiger partial charge < -0.3 is 4.90 Å². The van der Waals surface area contributed by atoms with E-state index in [1.165, 1.54) is 11.1 Å². The van der Waals surface area contributed by atoms with Gasteiger partial charge in [-0.1, -0.05) is 19.1 Å². The number of benzene rings is 1. The molecule has 0 radical (unpaired) electrons. The van der Waals surface area contributed by atoms with Gasteiger partial charge in [0, 0.05) is 11.2 Å². The maximum absolute atomic E-state index is 12.5. The molecule has 0 unspecified atom stereocenters. The average Bonchev–Trinajstić information content (AvgIpc) is 2.26. The summed E-state index contributed by atoms with van der Waals surface area (Å²) in [7, 11) is 0. The van der Waals surface area contributed by atoms with Gasteiger partial charge in [0.1, 0.15) is 5.38 Å². The Morgan fingerprint density at radius 1 is 1.47 bits per heavy atom. The fraction of sp³-hybridized carbons (Fsp3) is 0.562. The zero-order valence-electron chi connectivity index (χ0n) is 12.3. The lowest BCUT2D eigenvalue weighted by Crippen LogP contribution is -2.53. The summed E-state index contributed by atoms with van der Waals surface area (Å²) in [5.41, 5.74) is 3.25. The molecule has 0 saturated carbocycles. The normalized spacial score (nSPS) is 22.8. The van der Waals surface area contributed by atoms with Crippen LogP contribution in [0.2, 0.25) is 0 Å². The van der Waals surface area contributed by atoms with E-state index in [0.717, 1.165) is 12.1 Å². The van der Waals surface area contributed by atoms with Crippen LogP contribution in [-0.2, 0) is 4.79 Å². The monoisotopic (exact) mass is 279 g/mol. The lowest BCUT2D eigenvalue weighted by Gasteiger charge is -2.46. The zero-order chi connectivity index (χ0) is 14.4. The van der Waals surface area contributed by atoms with Gasteiger partial charge in [-0.2, -0.15) is 0 Å². The Balaban J connectivity index is 2.60. The van der Waals surface area contributed by atoms with Crippen LogP contribution < -0.4 is 4.90 Å². The summed E-state index contributed by atoms with van der Waals surface area (Å²) < 4.78 is 0. The van der Waals surface area contributed by atoms with Crippen molar-refractivity contribution in [2.24, 2.45) is 0 Å². The predicted octanol–water partition coefficient (Wildman–Crippen LogP) is 4.24. The number of alkyl halides is 1. The highest BCUT2D eigenvalue weighted by atomic mass is 35.5.